The summed E-state index contributed by atoms with van der Waals surface area (Å²) in [5.41, 5.74) is 0.644. The van der Waals surface area contributed by atoms with Crippen molar-refractivity contribution in [2.24, 2.45) is 11.8 Å². The summed E-state index contributed by atoms with van der Waals surface area (Å²) in [6.07, 6.45) is -9.47. The first-order valence-electron chi connectivity index (χ1n) is 13.5. The zero-order chi connectivity index (χ0) is 29.8. The number of piperidine rings is 1. The molecule has 2 fully saturated rings. The number of nitrogens with zero attached hydrogens (tertiary/aromatic N) is 1. The van der Waals surface area contributed by atoms with E-state index in [4.69, 9.17) is 9.47 Å². The van der Waals surface area contributed by atoms with E-state index in [1.807, 2.05) is 24.3 Å². The standard InChI is InChI=1S/C29H33F6NO5/c1-39-21-7-8-23(27(29(33,34)35)41-17-28(30,31)32)25(14-21)36-11-9-18(10-12-36)16-40-22-4-2-3-20(13-22)24(15-26(37)38)19-5-6-19/h2-4,7-8,13-14,18-19,24,27H,5-6,9-12,15-17H2,1H3,(H,37,38)/t24-,27?/m0/s1. The minimum Gasteiger partial charge on any atom is -0.497 e. The number of anilines is 1. The van der Waals surface area contributed by atoms with Crippen LogP contribution < -0.4 is 14.4 Å². The summed E-state index contributed by atoms with van der Waals surface area (Å²) in [7, 11) is 1.35. The molecule has 41 heavy (non-hydrogen) atoms. The number of carboxylic acid groups (broad SMARTS) is 1. The molecular formula is C29H33F6NO5. The highest BCUT2D eigenvalue weighted by Gasteiger charge is 2.46. The fourth-order valence-corrected chi connectivity index (χ4v) is 5.32. The van der Waals surface area contributed by atoms with Crippen molar-refractivity contribution in [3.05, 3.63) is 53.6 Å². The molecule has 1 unspecified atom stereocenters. The number of rotatable bonds is 12. The minimum absolute atomic E-state index is 0.0583. The molecule has 0 aromatic heterocycles. The highest BCUT2D eigenvalue weighted by molar-refractivity contribution is 5.68. The smallest absolute Gasteiger partial charge is 0.418 e. The van der Waals surface area contributed by atoms with Gasteiger partial charge in [-0.1, -0.05) is 18.2 Å². The maximum absolute atomic E-state index is 13.8. The van der Waals surface area contributed by atoms with Gasteiger partial charge in [0.2, 0.25) is 0 Å². The van der Waals surface area contributed by atoms with Crippen molar-refractivity contribution in [3.63, 3.8) is 0 Å². The third-order valence-electron chi connectivity index (χ3n) is 7.54. The van der Waals surface area contributed by atoms with Crippen LogP contribution in [-0.4, -0.2) is 56.8 Å². The van der Waals surface area contributed by atoms with Crippen LogP contribution in [0.4, 0.5) is 32.0 Å². The molecule has 0 amide bonds. The van der Waals surface area contributed by atoms with E-state index in [9.17, 15) is 36.2 Å². The lowest BCUT2D eigenvalue weighted by atomic mass is 9.91. The number of benzene rings is 2. The second kappa shape index (κ2) is 12.8. The lowest BCUT2D eigenvalue weighted by Gasteiger charge is -2.36. The number of methoxy groups -OCH3 is 1. The molecule has 4 rings (SSSR count). The Kier molecular flexibility index (Phi) is 9.61. The van der Waals surface area contributed by atoms with Crippen LogP contribution in [0.1, 0.15) is 55.3 Å². The Morgan fingerprint density at radius 1 is 1.00 bits per heavy atom. The first-order chi connectivity index (χ1) is 19.3. The molecule has 1 saturated heterocycles. The molecule has 2 aliphatic rings. The molecule has 2 aromatic carbocycles. The van der Waals surface area contributed by atoms with Gasteiger partial charge in [0.25, 0.3) is 0 Å². The summed E-state index contributed by atoms with van der Waals surface area (Å²) in [6.45, 7) is -0.934. The van der Waals surface area contributed by atoms with Gasteiger partial charge in [0, 0.05) is 30.4 Å². The molecule has 2 aromatic rings. The molecule has 0 spiro atoms. The van der Waals surface area contributed by atoms with Gasteiger partial charge in [-0.05, 0) is 67.2 Å². The van der Waals surface area contributed by atoms with Gasteiger partial charge in [-0.2, -0.15) is 26.3 Å². The van der Waals surface area contributed by atoms with Gasteiger partial charge in [-0.25, -0.2) is 0 Å². The van der Waals surface area contributed by atoms with Crippen molar-refractivity contribution in [2.75, 3.05) is 38.3 Å². The summed E-state index contributed by atoms with van der Waals surface area (Å²) in [5, 5.41) is 9.29. The number of hydrogen-bond acceptors (Lipinski definition) is 5. The SMILES string of the molecule is COc1ccc(C(OCC(F)(F)F)C(F)(F)F)c(N2CCC(COc3cccc([C@@H](CC(=O)O)C4CC4)c3)CC2)c1. The van der Waals surface area contributed by atoms with Crippen LogP contribution in [0.25, 0.3) is 0 Å². The summed E-state index contributed by atoms with van der Waals surface area (Å²) in [5.74, 6) is 0.471. The third kappa shape index (κ3) is 8.67. The van der Waals surface area contributed by atoms with Gasteiger partial charge in [-0.15, -0.1) is 0 Å². The second-order valence-electron chi connectivity index (χ2n) is 10.6. The summed E-state index contributed by atoms with van der Waals surface area (Å²) >= 11 is 0. The Balaban J connectivity index is 1.41. The predicted octanol–water partition coefficient (Wildman–Crippen LogP) is 7.14. The Morgan fingerprint density at radius 2 is 1.71 bits per heavy atom. The van der Waals surface area contributed by atoms with Crippen molar-refractivity contribution in [1.82, 2.24) is 0 Å². The van der Waals surface area contributed by atoms with Crippen molar-refractivity contribution in [1.29, 1.82) is 0 Å². The van der Waals surface area contributed by atoms with Gasteiger partial charge >= 0.3 is 18.3 Å². The molecular weight excluding hydrogens is 556 g/mol. The molecule has 1 heterocycles. The van der Waals surface area contributed by atoms with E-state index in [0.29, 0.717) is 44.2 Å². The molecule has 0 bridgehead atoms. The Bertz CT molecular complexity index is 1180. The normalized spacial score (nSPS) is 18.2. The topological polar surface area (TPSA) is 68.2 Å². The molecule has 1 aliphatic heterocycles. The number of hydrogen-bond donors (Lipinski definition) is 1. The quantitative estimate of drug-likeness (QED) is 0.266. The van der Waals surface area contributed by atoms with E-state index in [-0.39, 0.29) is 29.7 Å². The Labute approximate surface area is 234 Å². The summed E-state index contributed by atoms with van der Waals surface area (Å²) in [4.78, 5) is 13.0. The van der Waals surface area contributed by atoms with Gasteiger partial charge in [0.05, 0.1) is 20.1 Å². The Morgan fingerprint density at radius 3 is 2.29 bits per heavy atom. The Hall–Kier alpha value is -3.15. The number of carbonyl (C=O) groups is 1. The second-order valence-corrected chi connectivity index (χ2v) is 10.6. The number of alkyl halides is 6. The highest BCUT2D eigenvalue weighted by Crippen LogP contribution is 2.45. The van der Waals surface area contributed by atoms with E-state index in [0.717, 1.165) is 24.5 Å². The van der Waals surface area contributed by atoms with Crippen molar-refractivity contribution >= 4 is 11.7 Å². The van der Waals surface area contributed by atoms with Gasteiger partial charge in [0.1, 0.15) is 18.1 Å². The van der Waals surface area contributed by atoms with Crippen molar-refractivity contribution in [2.45, 2.75) is 56.5 Å². The van der Waals surface area contributed by atoms with E-state index < -0.39 is 36.6 Å². The molecule has 0 radical (unpaired) electrons. The first-order valence-corrected chi connectivity index (χ1v) is 13.5. The third-order valence-corrected chi connectivity index (χ3v) is 7.54. The largest absolute Gasteiger partial charge is 0.497 e. The van der Waals surface area contributed by atoms with E-state index in [2.05, 4.69) is 4.74 Å². The molecule has 226 valence electrons. The molecule has 2 atom stereocenters. The zero-order valence-electron chi connectivity index (χ0n) is 22.5. The highest BCUT2D eigenvalue weighted by atomic mass is 19.4. The van der Waals surface area contributed by atoms with E-state index in [1.54, 1.807) is 4.90 Å². The first kappa shape index (κ1) is 30.8. The van der Waals surface area contributed by atoms with Crippen molar-refractivity contribution < 1.29 is 50.5 Å². The molecule has 1 saturated carbocycles. The fraction of sp³-hybridized carbons (Fsp3) is 0.552. The minimum atomic E-state index is -5.06. The predicted molar refractivity (Wildman–Crippen MR) is 138 cm³/mol. The van der Waals surface area contributed by atoms with E-state index >= 15 is 0 Å². The van der Waals surface area contributed by atoms with Crippen LogP contribution in [0.3, 0.4) is 0 Å². The van der Waals surface area contributed by atoms with Crippen LogP contribution in [0.2, 0.25) is 0 Å². The number of carboxylic acids is 1. The molecule has 6 nitrogen and oxygen atoms in total. The fourth-order valence-electron chi connectivity index (χ4n) is 5.32. The number of ether oxygens (including phenoxy) is 3. The van der Waals surface area contributed by atoms with Crippen LogP contribution in [-0.2, 0) is 9.53 Å². The molecule has 12 heteroatoms. The molecule has 1 N–H and O–H groups in total. The monoisotopic (exact) mass is 589 g/mol. The average Bonchev–Trinajstić information content (AvgIpc) is 3.75. The lowest BCUT2D eigenvalue weighted by Crippen LogP contribution is -2.37. The van der Waals surface area contributed by atoms with Gasteiger partial charge < -0.3 is 24.2 Å². The van der Waals surface area contributed by atoms with Crippen LogP contribution in [0.5, 0.6) is 11.5 Å². The van der Waals surface area contributed by atoms with Gasteiger partial charge in [-0.3, -0.25) is 4.79 Å². The zero-order valence-corrected chi connectivity index (χ0v) is 22.5. The van der Waals surface area contributed by atoms with Crippen LogP contribution in [0.15, 0.2) is 42.5 Å². The van der Waals surface area contributed by atoms with Crippen LogP contribution in [0, 0.1) is 11.8 Å². The van der Waals surface area contributed by atoms with Crippen molar-refractivity contribution in [3.8, 4) is 11.5 Å². The molecule has 1 aliphatic carbocycles. The van der Waals surface area contributed by atoms with Crippen LogP contribution >= 0.6 is 0 Å². The summed E-state index contributed by atoms with van der Waals surface area (Å²) < 4.78 is 95.2. The maximum Gasteiger partial charge on any atom is 0.418 e. The summed E-state index contributed by atoms with van der Waals surface area (Å²) in [6, 6.07) is 11.2. The number of aliphatic carboxylic acids is 1. The average molecular weight is 590 g/mol. The van der Waals surface area contributed by atoms with E-state index in [1.165, 1.54) is 19.2 Å². The maximum atomic E-state index is 13.8. The lowest BCUT2D eigenvalue weighted by molar-refractivity contribution is -0.257. The number of halogens is 6. The van der Waals surface area contributed by atoms with Gasteiger partial charge in [0.15, 0.2) is 6.10 Å².